The maximum Gasteiger partial charge on any atom is 0.410 e. The van der Waals surface area contributed by atoms with Crippen molar-refractivity contribution in [2.24, 2.45) is 0 Å². The summed E-state index contributed by atoms with van der Waals surface area (Å²) in [6.45, 7) is 5.98. The molecule has 0 aromatic heterocycles. The van der Waals surface area contributed by atoms with Crippen molar-refractivity contribution in [1.29, 1.82) is 0 Å². The third-order valence-electron chi connectivity index (χ3n) is 6.89. The van der Waals surface area contributed by atoms with E-state index in [9.17, 15) is 17.6 Å². The second kappa shape index (κ2) is 8.58. The van der Waals surface area contributed by atoms with Crippen molar-refractivity contribution in [3.63, 3.8) is 0 Å². The molecule has 2 aromatic rings. The van der Waals surface area contributed by atoms with Gasteiger partial charge in [-0.1, -0.05) is 37.1 Å². The Morgan fingerprint density at radius 2 is 2.03 bits per heavy atom. The third-order valence-corrected chi connectivity index (χ3v) is 9.65. The highest BCUT2D eigenvalue weighted by Crippen LogP contribution is 2.53. The lowest BCUT2D eigenvalue weighted by Crippen LogP contribution is -2.53. The first-order chi connectivity index (χ1) is 15.5. The van der Waals surface area contributed by atoms with E-state index in [0.717, 1.165) is 18.1 Å². The van der Waals surface area contributed by atoms with Crippen LogP contribution < -0.4 is 0 Å². The molecule has 2 atom stereocenters. The molecule has 1 heterocycles. The van der Waals surface area contributed by atoms with E-state index in [4.69, 9.17) is 16.3 Å². The molecular weight excluding hydrogens is 465 g/mol. The van der Waals surface area contributed by atoms with Gasteiger partial charge in [0.25, 0.3) is 0 Å². The number of amides is 1. The Bertz CT molecular complexity index is 1180. The third kappa shape index (κ3) is 4.03. The van der Waals surface area contributed by atoms with Crippen LogP contribution in [0.4, 0.5) is 9.18 Å². The number of aryl methyl sites for hydroxylation is 1. The fourth-order valence-corrected chi connectivity index (χ4v) is 8.10. The number of ether oxygens (including phenoxy) is 1. The molecule has 8 heteroatoms. The Kier molecular flexibility index (Phi) is 6.25. The predicted molar refractivity (Wildman–Crippen MR) is 126 cm³/mol. The number of nitrogens with zero attached hydrogens (tertiary/aromatic N) is 1. The fourth-order valence-electron chi connectivity index (χ4n) is 5.51. The van der Waals surface area contributed by atoms with Crippen molar-refractivity contribution in [1.82, 2.24) is 4.90 Å². The zero-order valence-corrected chi connectivity index (χ0v) is 20.7. The summed E-state index contributed by atoms with van der Waals surface area (Å²) in [5.74, 6) is -0.619. The topological polar surface area (TPSA) is 63.7 Å². The summed E-state index contributed by atoms with van der Waals surface area (Å²) in [7, 11) is -4.06. The highest BCUT2D eigenvalue weighted by atomic mass is 35.5. The summed E-state index contributed by atoms with van der Waals surface area (Å²) in [4.78, 5) is 14.7. The fraction of sp³-hybridized carbons (Fsp3) is 0.480. The van der Waals surface area contributed by atoms with Crippen LogP contribution in [0.5, 0.6) is 0 Å². The van der Waals surface area contributed by atoms with E-state index in [1.165, 1.54) is 18.2 Å². The molecule has 1 aliphatic carbocycles. The molecule has 4 rings (SSSR count). The molecule has 2 aliphatic rings. The average molecular weight is 494 g/mol. The van der Waals surface area contributed by atoms with E-state index < -0.39 is 38.1 Å². The maximum absolute atomic E-state index is 14.2. The van der Waals surface area contributed by atoms with E-state index in [2.05, 4.69) is 0 Å². The monoisotopic (exact) mass is 493 g/mol. The molecule has 0 bridgehead atoms. The minimum absolute atomic E-state index is 0.0863. The molecule has 0 saturated carbocycles. The van der Waals surface area contributed by atoms with E-state index in [1.54, 1.807) is 23.1 Å². The molecule has 1 amide bonds. The standard InChI is InChI=1S/C25H29ClFNO4S/c1-4-12-24(2,3)32-23(29)28-14-13-25(33(30,31)20-7-5-6-19(27)16-20)21-10-9-18(26)15-17(21)8-11-22(25)28/h5-7,9-10,15-16,22H,4,8,11-14H2,1-3H3. The molecule has 1 aliphatic heterocycles. The van der Waals surface area contributed by atoms with Gasteiger partial charge in [0, 0.05) is 11.6 Å². The lowest BCUT2D eigenvalue weighted by Gasteiger charge is -2.42. The van der Waals surface area contributed by atoms with Gasteiger partial charge < -0.3 is 9.64 Å². The van der Waals surface area contributed by atoms with E-state index in [0.29, 0.717) is 29.8 Å². The van der Waals surface area contributed by atoms with Gasteiger partial charge in [0.15, 0.2) is 9.84 Å². The molecule has 0 N–H and O–H groups in total. The maximum atomic E-state index is 14.2. The summed E-state index contributed by atoms with van der Waals surface area (Å²) in [6, 6.07) is 9.68. The molecule has 2 aromatic carbocycles. The van der Waals surface area contributed by atoms with Crippen LogP contribution in [-0.4, -0.2) is 37.6 Å². The van der Waals surface area contributed by atoms with Crippen molar-refractivity contribution in [3.8, 4) is 0 Å². The van der Waals surface area contributed by atoms with Gasteiger partial charge in [-0.15, -0.1) is 0 Å². The number of sulfone groups is 1. The summed E-state index contributed by atoms with van der Waals surface area (Å²) in [5.41, 5.74) is 0.828. The average Bonchev–Trinajstić information content (AvgIpc) is 3.15. The molecule has 1 fully saturated rings. The number of carbonyl (C=O) groups is 1. The van der Waals surface area contributed by atoms with Gasteiger partial charge in [-0.2, -0.15) is 0 Å². The lowest BCUT2D eigenvalue weighted by atomic mass is 9.78. The number of fused-ring (bicyclic) bond motifs is 3. The van der Waals surface area contributed by atoms with Gasteiger partial charge in [0.2, 0.25) is 0 Å². The number of hydrogen-bond acceptors (Lipinski definition) is 4. The zero-order chi connectivity index (χ0) is 24.0. The molecule has 2 unspecified atom stereocenters. The number of halogens is 2. The van der Waals surface area contributed by atoms with Gasteiger partial charge in [-0.25, -0.2) is 17.6 Å². The van der Waals surface area contributed by atoms with Crippen LogP contribution in [0.3, 0.4) is 0 Å². The minimum atomic E-state index is -4.06. The Morgan fingerprint density at radius 1 is 1.27 bits per heavy atom. The van der Waals surface area contributed by atoms with Crippen LogP contribution in [0.25, 0.3) is 0 Å². The first kappa shape index (κ1) is 24.0. The quantitative estimate of drug-likeness (QED) is 0.521. The highest BCUT2D eigenvalue weighted by Gasteiger charge is 2.61. The van der Waals surface area contributed by atoms with Crippen LogP contribution in [0, 0.1) is 5.82 Å². The van der Waals surface area contributed by atoms with Crippen LogP contribution in [0.15, 0.2) is 47.4 Å². The number of rotatable bonds is 5. The lowest BCUT2D eigenvalue weighted by molar-refractivity contribution is 0.00411. The largest absolute Gasteiger partial charge is 0.443 e. The SMILES string of the molecule is CCCC(C)(C)OC(=O)N1CCC2(S(=O)(=O)c3cccc(F)c3)c3ccc(Cl)cc3CCC12. The highest BCUT2D eigenvalue weighted by molar-refractivity contribution is 7.92. The Balaban J connectivity index is 1.83. The first-order valence-corrected chi connectivity index (χ1v) is 13.2. The number of likely N-dealkylation sites (tertiary alicyclic amines) is 1. The van der Waals surface area contributed by atoms with Crippen molar-refractivity contribution in [3.05, 3.63) is 64.4 Å². The van der Waals surface area contributed by atoms with Crippen LogP contribution in [-0.2, 0) is 25.7 Å². The normalized spacial score (nSPS) is 22.6. The summed E-state index contributed by atoms with van der Waals surface area (Å²) >= 11 is 6.21. The van der Waals surface area contributed by atoms with Crippen molar-refractivity contribution in [2.45, 2.75) is 74.2 Å². The second-order valence-electron chi connectivity index (χ2n) is 9.53. The van der Waals surface area contributed by atoms with E-state index >= 15 is 0 Å². The Morgan fingerprint density at radius 3 is 2.73 bits per heavy atom. The molecule has 178 valence electrons. The summed E-state index contributed by atoms with van der Waals surface area (Å²) < 4.78 is 46.8. The number of carbonyl (C=O) groups excluding carboxylic acids is 1. The van der Waals surface area contributed by atoms with Crippen LogP contribution in [0.1, 0.15) is 57.6 Å². The molecule has 0 spiro atoms. The molecule has 33 heavy (non-hydrogen) atoms. The molecular formula is C25H29ClFNO4S. The summed E-state index contributed by atoms with van der Waals surface area (Å²) in [6.07, 6.45) is 2.29. The minimum Gasteiger partial charge on any atom is -0.443 e. The van der Waals surface area contributed by atoms with Crippen LogP contribution >= 0.6 is 11.6 Å². The molecule has 1 saturated heterocycles. The van der Waals surface area contributed by atoms with Gasteiger partial charge in [-0.05, 0) is 81.0 Å². The molecule has 5 nitrogen and oxygen atoms in total. The van der Waals surface area contributed by atoms with Gasteiger partial charge in [0.05, 0.1) is 10.9 Å². The van der Waals surface area contributed by atoms with E-state index in [-0.39, 0.29) is 17.9 Å². The van der Waals surface area contributed by atoms with Crippen LogP contribution in [0.2, 0.25) is 5.02 Å². The van der Waals surface area contributed by atoms with Gasteiger partial charge in [0.1, 0.15) is 16.2 Å². The smallest absolute Gasteiger partial charge is 0.410 e. The van der Waals surface area contributed by atoms with Crippen molar-refractivity contribution < 1.29 is 22.3 Å². The second-order valence-corrected chi connectivity index (χ2v) is 12.2. The van der Waals surface area contributed by atoms with E-state index in [1.807, 2.05) is 20.8 Å². The van der Waals surface area contributed by atoms with Gasteiger partial charge in [-0.3, -0.25) is 0 Å². The Hall–Kier alpha value is -2.12. The van der Waals surface area contributed by atoms with Gasteiger partial charge >= 0.3 is 6.09 Å². The van der Waals surface area contributed by atoms with Crippen molar-refractivity contribution in [2.75, 3.05) is 6.54 Å². The zero-order valence-electron chi connectivity index (χ0n) is 19.1. The summed E-state index contributed by atoms with van der Waals surface area (Å²) in [5, 5.41) is 0.529. The predicted octanol–water partition coefficient (Wildman–Crippen LogP) is 5.88. The Labute approximate surface area is 199 Å². The first-order valence-electron chi connectivity index (χ1n) is 11.3. The number of hydrogen-bond donors (Lipinski definition) is 0. The number of benzene rings is 2. The molecule has 0 radical (unpaired) electrons. The van der Waals surface area contributed by atoms with Crippen molar-refractivity contribution >= 4 is 27.5 Å².